The topological polar surface area (TPSA) is 102 Å². The van der Waals surface area contributed by atoms with Crippen LogP contribution in [0, 0.1) is 17.1 Å². The van der Waals surface area contributed by atoms with Crippen molar-refractivity contribution in [2.45, 2.75) is 31.7 Å². The quantitative estimate of drug-likeness (QED) is 0.664. The van der Waals surface area contributed by atoms with Gasteiger partial charge in [-0.1, -0.05) is 12.1 Å². The zero-order chi connectivity index (χ0) is 21.8. The molecule has 3 heterocycles. The van der Waals surface area contributed by atoms with Crippen molar-refractivity contribution >= 4 is 22.7 Å². The number of amides is 2. The first-order chi connectivity index (χ1) is 15.0. The molecule has 1 saturated heterocycles. The van der Waals surface area contributed by atoms with Gasteiger partial charge in [0.2, 0.25) is 5.91 Å². The minimum absolute atomic E-state index is 0.137. The Morgan fingerprint density at radius 3 is 2.65 bits per heavy atom. The number of likely N-dealkylation sites (tertiary alicyclic amines) is 1. The van der Waals surface area contributed by atoms with Crippen LogP contribution in [0.1, 0.15) is 41.0 Å². The molecule has 1 atom stereocenters. The van der Waals surface area contributed by atoms with Gasteiger partial charge in [0, 0.05) is 24.9 Å². The predicted molar refractivity (Wildman–Crippen MR) is 113 cm³/mol. The number of H-pyrrole nitrogens is 1. The van der Waals surface area contributed by atoms with Crippen LogP contribution in [0.4, 0.5) is 4.39 Å². The van der Waals surface area contributed by atoms with Crippen molar-refractivity contribution in [3.05, 3.63) is 65.4 Å². The summed E-state index contributed by atoms with van der Waals surface area (Å²) in [4.78, 5) is 34.9. The summed E-state index contributed by atoms with van der Waals surface area (Å²) in [6.45, 7) is 1.34. The van der Waals surface area contributed by atoms with Crippen molar-refractivity contribution in [2.24, 2.45) is 0 Å². The minimum Gasteiger partial charge on any atom is -0.349 e. The van der Waals surface area contributed by atoms with E-state index in [1.165, 1.54) is 18.3 Å². The molecule has 0 spiro atoms. The lowest BCUT2D eigenvalue weighted by Crippen LogP contribution is -2.51. The highest BCUT2D eigenvalue weighted by atomic mass is 19.1. The number of fused-ring (bicyclic) bond motifs is 1. The number of rotatable bonds is 5. The van der Waals surface area contributed by atoms with Gasteiger partial charge in [0.1, 0.15) is 29.3 Å². The summed E-state index contributed by atoms with van der Waals surface area (Å²) in [7, 11) is 0. The number of nitrogens with zero attached hydrogens (tertiary/aromatic N) is 3. The number of aromatic nitrogens is 2. The van der Waals surface area contributed by atoms with E-state index in [0.29, 0.717) is 24.0 Å². The second kappa shape index (κ2) is 8.96. The molecule has 0 bridgehead atoms. The van der Waals surface area contributed by atoms with Gasteiger partial charge in [-0.25, -0.2) is 9.37 Å². The van der Waals surface area contributed by atoms with Crippen LogP contribution in [-0.4, -0.2) is 45.8 Å². The smallest absolute Gasteiger partial charge is 0.268 e. The Morgan fingerprint density at radius 1 is 1.19 bits per heavy atom. The van der Waals surface area contributed by atoms with E-state index in [1.807, 2.05) is 6.07 Å². The minimum atomic E-state index is -0.768. The van der Waals surface area contributed by atoms with E-state index in [0.717, 1.165) is 24.8 Å². The van der Waals surface area contributed by atoms with E-state index in [1.54, 1.807) is 29.2 Å². The maximum absolute atomic E-state index is 13.3. The van der Waals surface area contributed by atoms with Gasteiger partial charge in [0.15, 0.2) is 0 Å². The van der Waals surface area contributed by atoms with Crippen LogP contribution in [-0.2, 0) is 11.2 Å². The van der Waals surface area contributed by atoms with Crippen molar-refractivity contribution in [1.82, 2.24) is 20.2 Å². The fraction of sp³-hybridized carbons (Fsp3) is 0.304. The van der Waals surface area contributed by atoms with Gasteiger partial charge in [-0.3, -0.25) is 9.59 Å². The van der Waals surface area contributed by atoms with Gasteiger partial charge in [-0.15, -0.1) is 0 Å². The second-order valence-electron chi connectivity index (χ2n) is 7.69. The van der Waals surface area contributed by atoms with E-state index < -0.39 is 11.9 Å². The van der Waals surface area contributed by atoms with Crippen molar-refractivity contribution < 1.29 is 14.0 Å². The van der Waals surface area contributed by atoms with Crippen LogP contribution in [0.3, 0.4) is 0 Å². The number of hydrogen-bond acceptors (Lipinski definition) is 4. The molecule has 31 heavy (non-hydrogen) atoms. The number of carbonyl (C=O) groups excluding carboxylic acids is 2. The molecule has 0 saturated carbocycles. The SMILES string of the molecule is N#Cc1cc2cc(C(=O)N[C@@H](Cc3ccc(F)cc3)C(=O)N3CCCCC3)[nH]c2cn1. The number of nitrogens with one attached hydrogen (secondary N) is 2. The lowest BCUT2D eigenvalue weighted by atomic mass is 10.0. The van der Waals surface area contributed by atoms with E-state index in [4.69, 9.17) is 5.26 Å². The van der Waals surface area contributed by atoms with Gasteiger partial charge in [0.25, 0.3) is 5.91 Å². The largest absolute Gasteiger partial charge is 0.349 e. The molecule has 158 valence electrons. The Labute approximate surface area is 178 Å². The van der Waals surface area contributed by atoms with E-state index >= 15 is 0 Å². The second-order valence-corrected chi connectivity index (χ2v) is 7.69. The Bertz CT molecular complexity index is 1140. The monoisotopic (exact) mass is 419 g/mol. The van der Waals surface area contributed by atoms with Crippen molar-refractivity contribution in [1.29, 1.82) is 5.26 Å². The van der Waals surface area contributed by atoms with Crippen molar-refractivity contribution in [3.8, 4) is 6.07 Å². The Hall–Kier alpha value is -3.73. The third kappa shape index (κ3) is 4.72. The Balaban J connectivity index is 1.56. The molecule has 2 amide bonds. The number of piperidine rings is 1. The number of benzene rings is 1. The predicted octanol–water partition coefficient (Wildman–Crippen LogP) is 2.93. The number of nitriles is 1. The molecule has 0 radical (unpaired) electrons. The third-order valence-electron chi connectivity index (χ3n) is 5.49. The number of pyridine rings is 1. The average Bonchev–Trinajstić information content (AvgIpc) is 3.23. The molecule has 3 aromatic rings. The van der Waals surface area contributed by atoms with Crippen LogP contribution < -0.4 is 5.32 Å². The fourth-order valence-electron chi connectivity index (χ4n) is 3.84. The molecule has 2 aromatic heterocycles. The fourth-order valence-corrected chi connectivity index (χ4v) is 3.84. The molecule has 0 aliphatic carbocycles. The van der Waals surface area contributed by atoms with Crippen LogP contribution in [0.25, 0.3) is 10.9 Å². The van der Waals surface area contributed by atoms with Crippen molar-refractivity contribution in [2.75, 3.05) is 13.1 Å². The van der Waals surface area contributed by atoms with E-state index in [2.05, 4.69) is 15.3 Å². The molecule has 1 aromatic carbocycles. The highest BCUT2D eigenvalue weighted by Gasteiger charge is 2.28. The Kier molecular flexibility index (Phi) is 5.94. The van der Waals surface area contributed by atoms with Crippen LogP contribution in [0.5, 0.6) is 0 Å². The number of hydrogen-bond donors (Lipinski definition) is 2. The Morgan fingerprint density at radius 2 is 1.94 bits per heavy atom. The van der Waals surface area contributed by atoms with E-state index in [-0.39, 0.29) is 29.5 Å². The first-order valence-corrected chi connectivity index (χ1v) is 10.3. The summed E-state index contributed by atoms with van der Waals surface area (Å²) in [5, 5.41) is 12.5. The maximum Gasteiger partial charge on any atom is 0.268 e. The summed E-state index contributed by atoms with van der Waals surface area (Å²) in [6, 6.07) is 10.4. The zero-order valence-electron chi connectivity index (χ0n) is 16.9. The zero-order valence-corrected chi connectivity index (χ0v) is 16.9. The van der Waals surface area contributed by atoms with E-state index in [9.17, 15) is 14.0 Å². The molecule has 7 nitrogen and oxygen atoms in total. The summed E-state index contributed by atoms with van der Waals surface area (Å²) < 4.78 is 13.3. The van der Waals surface area contributed by atoms with Gasteiger partial charge in [-0.2, -0.15) is 5.26 Å². The summed E-state index contributed by atoms with van der Waals surface area (Å²) >= 11 is 0. The highest BCUT2D eigenvalue weighted by Crippen LogP contribution is 2.17. The molecule has 1 fully saturated rings. The molecule has 2 N–H and O–H groups in total. The van der Waals surface area contributed by atoms with Crippen molar-refractivity contribution in [3.63, 3.8) is 0 Å². The van der Waals surface area contributed by atoms with Gasteiger partial charge in [0.05, 0.1) is 11.7 Å². The summed E-state index contributed by atoms with van der Waals surface area (Å²) in [5.74, 6) is -0.913. The van der Waals surface area contributed by atoms with Crippen LogP contribution in [0.15, 0.2) is 42.6 Å². The molecular weight excluding hydrogens is 397 g/mol. The number of aromatic amines is 1. The van der Waals surface area contributed by atoms with Gasteiger partial charge in [-0.05, 0) is 49.1 Å². The maximum atomic E-state index is 13.3. The summed E-state index contributed by atoms with van der Waals surface area (Å²) in [6.07, 6.45) is 4.74. The highest BCUT2D eigenvalue weighted by molar-refractivity contribution is 6.00. The molecule has 1 aliphatic rings. The number of carbonyl (C=O) groups is 2. The van der Waals surface area contributed by atoms with Gasteiger partial charge < -0.3 is 15.2 Å². The lowest BCUT2D eigenvalue weighted by molar-refractivity contribution is -0.134. The normalized spacial score (nSPS) is 14.8. The first kappa shape index (κ1) is 20.5. The molecule has 4 rings (SSSR count). The molecular formula is C23H22FN5O2. The standard InChI is InChI=1S/C23H22FN5O2/c24-17-6-4-15(5-7-17)10-20(23(31)29-8-2-1-3-9-29)28-22(30)19-12-16-11-18(13-25)26-14-21(16)27-19/h4-7,11-12,14,20,27H,1-3,8-10H2,(H,28,30)/t20-/m0/s1. The molecule has 1 aliphatic heterocycles. The first-order valence-electron chi connectivity index (χ1n) is 10.3. The van der Waals surface area contributed by atoms with Crippen LogP contribution in [0.2, 0.25) is 0 Å². The van der Waals surface area contributed by atoms with Crippen LogP contribution >= 0.6 is 0 Å². The molecule has 8 heteroatoms. The number of halogens is 1. The molecule has 0 unspecified atom stereocenters. The summed E-state index contributed by atoms with van der Waals surface area (Å²) in [5.41, 5.74) is 1.92. The lowest BCUT2D eigenvalue weighted by Gasteiger charge is -2.30. The van der Waals surface area contributed by atoms with Gasteiger partial charge >= 0.3 is 0 Å². The third-order valence-corrected chi connectivity index (χ3v) is 5.49. The average molecular weight is 419 g/mol.